The highest BCUT2D eigenvalue weighted by molar-refractivity contribution is 5.92. The van der Waals surface area contributed by atoms with Crippen molar-refractivity contribution in [3.63, 3.8) is 0 Å². The molecule has 0 fully saturated rings. The third-order valence-electron chi connectivity index (χ3n) is 3.02. The summed E-state index contributed by atoms with van der Waals surface area (Å²) < 4.78 is 4.98. The molecule has 0 aliphatic carbocycles. The van der Waals surface area contributed by atoms with E-state index in [-0.39, 0.29) is 5.91 Å². The summed E-state index contributed by atoms with van der Waals surface area (Å²) in [6.07, 6.45) is 0.881. The highest BCUT2D eigenvalue weighted by atomic mass is 16.5. The second-order valence-electron chi connectivity index (χ2n) is 5.58. The molecule has 0 bridgehead atoms. The lowest BCUT2D eigenvalue weighted by atomic mass is 10.3. The maximum absolute atomic E-state index is 12.2. The number of amides is 1. The Morgan fingerprint density at radius 2 is 2.04 bits per heavy atom. The number of carbonyl (C=O) groups is 1. The van der Waals surface area contributed by atoms with Gasteiger partial charge in [-0.1, -0.05) is 5.16 Å². The fourth-order valence-electron chi connectivity index (χ4n) is 1.97. The topological polar surface area (TPSA) is 96.2 Å². The van der Waals surface area contributed by atoms with Crippen LogP contribution in [0.25, 0.3) is 0 Å². The Hall–Kier alpha value is -2.48. The fourth-order valence-corrected chi connectivity index (χ4v) is 1.97. The van der Waals surface area contributed by atoms with E-state index in [0.29, 0.717) is 35.5 Å². The summed E-state index contributed by atoms with van der Waals surface area (Å²) in [4.78, 5) is 22.7. The summed E-state index contributed by atoms with van der Waals surface area (Å²) in [6, 6.07) is 3.38. The van der Waals surface area contributed by atoms with E-state index in [4.69, 9.17) is 4.52 Å². The summed E-state index contributed by atoms with van der Waals surface area (Å²) >= 11 is 0. The minimum absolute atomic E-state index is 0.214. The molecule has 2 heterocycles. The van der Waals surface area contributed by atoms with E-state index >= 15 is 0 Å². The normalized spacial score (nSPS) is 10.8. The smallest absolute Gasteiger partial charge is 0.270 e. The van der Waals surface area contributed by atoms with Crippen LogP contribution in [0.2, 0.25) is 0 Å². The van der Waals surface area contributed by atoms with Crippen molar-refractivity contribution in [2.45, 2.75) is 20.3 Å². The molecule has 0 radical (unpaired) electrons. The van der Waals surface area contributed by atoms with Crippen molar-refractivity contribution in [2.75, 3.05) is 32.5 Å². The highest BCUT2D eigenvalue weighted by Gasteiger charge is 2.11. The molecule has 2 rings (SSSR count). The van der Waals surface area contributed by atoms with Crippen LogP contribution in [0.3, 0.4) is 0 Å². The summed E-state index contributed by atoms with van der Waals surface area (Å²) in [7, 11) is 4.00. The highest BCUT2D eigenvalue weighted by Crippen LogP contribution is 2.13. The monoisotopic (exact) mass is 318 g/mol. The Morgan fingerprint density at radius 1 is 1.26 bits per heavy atom. The molecular formula is C15H22N6O2. The fraction of sp³-hybridized carbons (Fsp3) is 0.467. The zero-order valence-corrected chi connectivity index (χ0v) is 13.9. The molecule has 0 saturated heterocycles. The van der Waals surface area contributed by atoms with Crippen LogP contribution in [0.15, 0.2) is 16.7 Å². The van der Waals surface area contributed by atoms with E-state index in [9.17, 15) is 4.79 Å². The van der Waals surface area contributed by atoms with Crippen LogP contribution in [0.4, 0.5) is 11.8 Å². The Kier molecular flexibility index (Phi) is 5.64. The van der Waals surface area contributed by atoms with Crippen LogP contribution >= 0.6 is 0 Å². The van der Waals surface area contributed by atoms with Crippen LogP contribution in [-0.4, -0.2) is 53.1 Å². The number of nitrogens with one attached hydrogen (secondary N) is 2. The van der Waals surface area contributed by atoms with Crippen molar-refractivity contribution in [3.8, 4) is 0 Å². The number of hydrogen-bond donors (Lipinski definition) is 2. The molecule has 1 amide bonds. The van der Waals surface area contributed by atoms with Crippen LogP contribution < -0.4 is 10.6 Å². The van der Waals surface area contributed by atoms with E-state index in [1.54, 1.807) is 19.1 Å². The molecule has 0 saturated carbocycles. The van der Waals surface area contributed by atoms with E-state index in [0.717, 1.165) is 13.0 Å². The third kappa shape index (κ3) is 5.33. The molecular weight excluding hydrogens is 296 g/mol. The van der Waals surface area contributed by atoms with Gasteiger partial charge in [-0.15, -0.1) is 0 Å². The SMILES string of the molecule is Cc1cc(C(=O)NCCCN(C)C)nc(Nc2cc(C)on2)n1. The zero-order valence-electron chi connectivity index (χ0n) is 13.9. The van der Waals surface area contributed by atoms with Crippen molar-refractivity contribution >= 4 is 17.7 Å². The van der Waals surface area contributed by atoms with Gasteiger partial charge in [0.15, 0.2) is 5.82 Å². The third-order valence-corrected chi connectivity index (χ3v) is 3.02. The van der Waals surface area contributed by atoms with Crippen LogP contribution in [0.1, 0.15) is 28.4 Å². The molecule has 8 nitrogen and oxygen atoms in total. The van der Waals surface area contributed by atoms with Gasteiger partial charge in [0.2, 0.25) is 5.95 Å². The lowest BCUT2D eigenvalue weighted by Gasteiger charge is -2.10. The molecule has 0 unspecified atom stereocenters. The largest absolute Gasteiger partial charge is 0.360 e. The van der Waals surface area contributed by atoms with Gasteiger partial charge in [0.05, 0.1) is 0 Å². The first kappa shape index (κ1) is 16.9. The van der Waals surface area contributed by atoms with Gasteiger partial charge >= 0.3 is 0 Å². The van der Waals surface area contributed by atoms with Crippen LogP contribution in [0, 0.1) is 13.8 Å². The number of nitrogens with zero attached hydrogens (tertiary/aromatic N) is 4. The minimum Gasteiger partial charge on any atom is -0.360 e. The average molecular weight is 318 g/mol. The summed E-state index contributed by atoms with van der Waals surface area (Å²) in [5, 5.41) is 9.61. The molecule has 2 aromatic rings. The molecule has 0 aliphatic rings. The van der Waals surface area contributed by atoms with Gasteiger partial charge < -0.3 is 20.1 Å². The van der Waals surface area contributed by atoms with Gasteiger partial charge in [-0.3, -0.25) is 4.79 Å². The van der Waals surface area contributed by atoms with Crippen molar-refractivity contribution in [3.05, 3.63) is 29.3 Å². The molecule has 124 valence electrons. The number of carbonyl (C=O) groups excluding carboxylic acids is 1. The summed E-state index contributed by atoms with van der Waals surface area (Å²) in [5.41, 5.74) is 1.02. The first-order valence-electron chi connectivity index (χ1n) is 7.43. The summed E-state index contributed by atoms with van der Waals surface area (Å²) in [6.45, 7) is 5.12. The van der Waals surface area contributed by atoms with Crippen molar-refractivity contribution in [2.24, 2.45) is 0 Å². The maximum atomic E-state index is 12.2. The standard InChI is InChI=1S/C15H22N6O2/c1-10-8-12(14(22)16-6-5-7-21(3)4)18-15(17-10)19-13-9-11(2)23-20-13/h8-9H,5-7H2,1-4H3,(H,16,22)(H,17,18,19,20). The number of rotatable bonds is 7. The molecule has 8 heteroatoms. The Labute approximate surface area is 135 Å². The van der Waals surface area contributed by atoms with Crippen molar-refractivity contribution in [1.29, 1.82) is 0 Å². The second-order valence-corrected chi connectivity index (χ2v) is 5.58. The van der Waals surface area contributed by atoms with E-state index in [2.05, 4.69) is 30.7 Å². The number of hydrogen-bond acceptors (Lipinski definition) is 7. The first-order valence-corrected chi connectivity index (χ1v) is 7.43. The number of aryl methyl sites for hydroxylation is 2. The Morgan fingerprint density at radius 3 is 2.70 bits per heavy atom. The molecule has 0 atom stereocenters. The second kappa shape index (κ2) is 7.68. The minimum atomic E-state index is -0.214. The van der Waals surface area contributed by atoms with E-state index < -0.39 is 0 Å². The number of aromatic nitrogens is 3. The Balaban J connectivity index is 2.00. The van der Waals surface area contributed by atoms with Gasteiger partial charge in [-0.2, -0.15) is 0 Å². The zero-order chi connectivity index (χ0) is 16.8. The molecule has 23 heavy (non-hydrogen) atoms. The molecule has 0 aliphatic heterocycles. The average Bonchev–Trinajstić information content (AvgIpc) is 2.87. The van der Waals surface area contributed by atoms with Gasteiger partial charge in [0.25, 0.3) is 5.91 Å². The Bertz CT molecular complexity index is 668. The van der Waals surface area contributed by atoms with Gasteiger partial charge in [-0.05, 0) is 47.0 Å². The lowest BCUT2D eigenvalue weighted by Crippen LogP contribution is -2.28. The van der Waals surface area contributed by atoms with Crippen LogP contribution in [-0.2, 0) is 0 Å². The number of anilines is 2. The molecule has 0 spiro atoms. The van der Waals surface area contributed by atoms with Gasteiger partial charge in [0.1, 0.15) is 11.5 Å². The van der Waals surface area contributed by atoms with Crippen molar-refractivity contribution < 1.29 is 9.32 Å². The summed E-state index contributed by atoms with van der Waals surface area (Å²) in [5.74, 6) is 1.29. The predicted octanol–water partition coefficient (Wildman–Crippen LogP) is 1.51. The van der Waals surface area contributed by atoms with Gasteiger partial charge in [-0.25, -0.2) is 9.97 Å². The quantitative estimate of drug-likeness (QED) is 0.747. The lowest BCUT2D eigenvalue weighted by molar-refractivity contribution is 0.0947. The molecule has 2 N–H and O–H groups in total. The predicted molar refractivity (Wildman–Crippen MR) is 86.8 cm³/mol. The van der Waals surface area contributed by atoms with Crippen LogP contribution in [0.5, 0.6) is 0 Å². The maximum Gasteiger partial charge on any atom is 0.270 e. The molecule has 0 aromatic carbocycles. The van der Waals surface area contributed by atoms with E-state index in [1.165, 1.54) is 0 Å². The first-order chi connectivity index (χ1) is 10.9. The van der Waals surface area contributed by atoms with Gasteiger partial charge in [0, 0.05) is 18.3 Å². The molecule has 2 aromatic heterocycles. The van der Waals surface area contributed by atoms with E-state index in [1.807, 2.05) is 21.0 Å². The van der Waals surface area contributed by atoms with Crippen molar-refractivity contribution in [1.82, 2.24) is 25.3 Å².